The van der Waals surface area contributed by atoms with Crippen LogP contribution in [-0.2, 0) is 10.0 Å². The summed E-state index contributed by atoms with van der Waals surface area (Å²) in [4.78, 5) is 11.5. The lowest BCUT2D eigenvalue weighted by Gasteiger charge is -2.20. The van der Waals surface area contributed by atoms with Crippen LogP contribution in [0.1, 0.15) is 10.4 Å². The van der Waals surface area contributed by atoms with Gasteiger partial charge in [-0.15, -0.1) is 0 Å². The molecule has 1 amide bonds. The molecule has 1 aliphatic heterocycles. The molecule has 1 heterocycles. The van der Waals surface area contributed by atoms with Crippen molar-refractivity contribution >= 4 is 15.9 Å². The molecule has 0 N–H and O–H groups in total. The van der Waals surface area contributed by atoms with Crippen molar-refractivity contribution in [3.8, 4) is 6.07 Å². The first-order valence-electron chi connectivity index (χ1n) is 5.32. The number of nitriles is 1. The highest BCUT2D eigenvalue weighted by molar-refractivity contribution is 7.90. The Morgan fingerprint density at radius 3 is 2.40 bits per heavy atom. The molecule has 0 spiro atoms. The van der Waals surface area contributed by atoms with Crippen LogP contribution in [0, 0.1) is 17.2 Å². The van der Waals surface area contributed by atoms with Gasteiger partial charge >= 0.3 is 6.18 Å². The SMILES string of the molecule is N#CC(CN1C(=O)c2ccccc2S1(=O)=O)C(F)(F)F. The zero-order chi connectivity index (χ0) is 15.1. The van der Waals surface area contributed by atoms with Gasteiger partial charge in [0.25, 0.3) is 15.9 Å². The van der Waals surface area contributed by atoms with Gasteiger partial charge in [0.05, 0.1) is 18.2 Å². The van der Waals surface area contributed by atoms with Gasteiger partial charge in [0.15, 0.2) is 5.92 Å². The molecule has 1 unspecified atom stereocenters. The highest BCUT2D eigenvalue weighted by Gasteiger charge is 2.48. The number of halogens is 3. The van der Waals surface area contributed by atoms with Crippen molar-refractivity contribution in [2.45, 2.75) is 11.1 Å². The van der Waals surface area contributed by atoms with Crippen LogP contribution >= 0.6 is 0 Å². The smallest absolute Gasteiger partial charge is 0.268 e. The summed E-state index contributed by atoms with van der Waals surface area (Å²) in [6.07, 6.45) is -4.90. The van der Waals surface area contributed by atoms with Crippen LogP contribution in [0.5, 0.6) is 0 Å². The lowest BCUT2D eigenvalue weighted by Crippen LogP contribution is -2.39. The number of rotatable bonds is 2. The molecule has 0 aromatic heterocycles. The average molecular weight is 304 g/mol. The molecule has 1 atom stereocenters. The molecule has 5 nitrogen and oxygen atoms in total. The van der Waals surface area contributed by atoms with Crippen molar-refractivity contribution in [1.82, 2.24) is 4.31 Å². The van der Waals surface area contributed by atoms with Gasteiger partial charge in [-0.2, -0.15) is 18.4 Å². The van der Waals surface area contributed by atoms with E-state index in [0.29, 0.717) is 0 Å². The van der Waals surface area contributed by atoms with Crippen LogP contribution in [0.15, 0.2) is 29.2 Å². The second-order valence-corrected chi connectivity index (χ2v) is 5.89. The van der Waals surface area contributed by atoms with Gasteiger partial charge < -0.3 is 0 Å². The van der Waals surface area contributed by atoms with E-state index in [2.05, 4.69) is 0 Å². The van der Waals surface area contributed by atoms with Gasteiger partial charge in [-0.3, -0.25) is 4.79 Å². The predicted octanol–water partition coefficient (Wildman–Crippen LogP) is 1.53. The molecule has 2 rings (SSSR count). The quantitative estimate of drug-likeness (QED) is 0.830. The fraction of sp³-hybridized carbons (Fsp3) is 0.273. The normalized spacial score (nSPS) is 18.5. The Labute approximate surface area is 112 Å². The molecule has 0 fully saturated rings. The molecule has 0 saturated carbocycles. The number of nitrogens with zero attached hydrogens (tertiary/aromatic N) is 2. The van der Waals surface area contributed by atoms with Crippen molar-refractivity contribution in [1.29, 1.82) is 5.26 Å². The summed E-state index contributed by atoms with van der Waals surface area (Å²) in [6.45, 7) is -1.24. The summed E-state index contributed by atoms with van der Waals surface area (Å²) >= 11 is 0. The minimum absolute atomic E-state index is 0.0963. The Morgan fingerprint density at radius 1 is 1.30 bits per heavy atom. The third-order valence-electron chi connectivity index (χ3n) is 2.81. The van der Waals surface area contributed by atoms with Crippen LogP contribution in [0.3, 0.4) is 0 Å². The van der Waals surface area contributed by atoms with Crippen LogP contribution in [0.4, 0.5) is 13.2 Å². The minimum atomic E-state index is -4.90. The minimum Gasteiger partial charge on any atom is -0.268 e. The van der Waals surface area contributed by atoms with Crippen LogP contribution in [0.2, 0.25) is 0 Å². The third-order valence-corrected chi connectivity index (χ3v) is 4.62. The topological polar surface area (TPSA) is 78.2 Å². The van der Waals surface area contributed by atoms with Crippen LogP contribution < -0.4 is 0 Å². The number of carbonyl (C=O) groups excluding carboxylic acids is 1. The number of benzene rings is 1. The first-order valence-corrected chi connectivity index (χ1v) is 6.76. The summed E-state index contributed by atoms with van der Waals surface area (Å²) in [6, 6.07) is 6.08. The number of hydrogen-bond acceptors (Lipinski definition) is 4. The molecule has 0 bridgehead atoms. The van der Waals surface area contributed by atoms with E-state index in [9.17, 15) is 26.4 Å². The summed E-state index contributed by atoms with van der Waals surface area (Å²) < 4.78 is 61.7. The molecule has 1 aromatic carbocycles. The molecule has 20 heavy (non-hydrogen) atoms. The number of carbonyl (C=O) groups is 1. The molecular weight excluding hydrogens is 297 g/mol. The van der Waals surface area contributed by atoms with Crippen LogP contribution in [0.25, 0.3) is 0 Å². The molecule has 0 saturated heterocycles. The summed E-state index contributed by atoms with van der Waals surface area (Å²) in [5.41, 5.74) is -0.189. The molecular formula is C11H7F3N2O3S. The Balaban J connectivity index is 2.42. The molecule has 9 heteroatoms. The lowest BCUT2D eigenvalue weighted by atomic mass is 10.1. The van der Waals surface area contributed by atoms with E-state index < -0.39 is 34.6 Å². The zero-order valence-corrected chi connectivity index (χ0v) is 10.6. The predicted molar refractivity (Wildman–Crippen MR) is 59.8 cm³/mol. The molecule has 106 valence electrons. The fourth-order valence-corrected chi connectivity index (χ4v) is 3.38. The second kappa shape index (κ2) is 4.49. The largest absolute Gasteiger partial charge is 0.406 e. The van der Waals surface area contributed by atoms with Gasteiger partial charge in [0.2, 0.25) is 0 Å². The van der Waals surface area contributed by atoms with E-state index in [4.69, 9.17) is 5.26 Å². The molecule has 1 aromatic rings. The summed E-state index contributed by atoms with van der Waals surface area (Å²) in [5.74, 6) is -3.61. The standard InChI is InChI=1S/C11H7F3N2O3S/c12-11(13,14)7(5-15)6-16-10(17)8-3-1-2-4-9(8)20(16,18)19/h1-4,7H,6H2. The number of alkyl halides is 3. The van der Waals surface area contributed by atoms with Gasteiger partial charge in [0.1, 0.15) is 4.90 Å². The fourth-order valence-electron chi connectivity index (χ4n) is 1.79. The number of sulfonamides is 1. The third kappa shape index (κ3) is 2.12. The van der Waals surface area contributed by atoms with E-state index in [0.717, 1.165) is 12.1 Å². The van der Waals surface area contributed by atoms with Gasteiger partial charge in [-0.25, -0.2) is 12.7 Å². The first kappa shape index (κ1) is 14.3. The van der Waals surface area contributed by atoms with E-state index in [-0.39, 0.29) is 14.8 Å². The van der Waals surface area contributed by atoms with Gasteiger partial charge in [0, 0.05) is 0 Å². The van der Waals surface area contributed by atoms with Crippen molar-refractivity contribution in [2.75, 3.05) is 6.54 Å². The van der Waals surface area contributed by atoms with E-state index in [1.54, 1.807) is 0 Å². The molecule has 0 aliphatic carbocycles. The van der Waals surface area contributed by atoms with Gasteiger partial charge in [-0.05, 0) is 12.1 Å². The Morgan fingerprint density at radius 2 is 1.90 bits per heavy atom. The number of amides is 1. The summed E-state index contributed by atoms with van der Waals surface area (Å²) in [7, 11) is -4.33. The molecule has 1 aliphatic rings. The monoisotopic (exact) mass is 304 g/mol. The second-order valence-electron chi connectivity index (χ2n) is 4.06. The maximum atomic E-state index is 12.5. The number of fused-ring (bicyclic) bond motifs is 1. The highest BCUT2D eigenvalue weighted by Crippen LogP contribution is 2.33. The van der Waals surface area contributed by atoms with Gasteiger partial charge in [-0.1, -0.05) is 12.1 Å². The van der Waals surface area contributed by atoms with Crippen molar-refractivity contribution in [3.63, 3.8) is 0 Å². The Bertz CT molecular complexity index is 706. The van der Waals surface area contributed by atoms with Crippen molar-refractivity contribution in [2.24, 2.45) is 5.92 Å². The van der Waals surface area contributed by atoms with E-state index in [1.165, 1.54) is 18.2 Å². The maximum Gasteiger partial charge on any atom is 0.406 e. The van der Waals surface area contributed by atoms with E-state index in [1.807, 2.05) is 0 Å². The molecule has 0 radical (unpaired) electrons. The number of hydrogen-bond donors (Lipinski definition) is 0. The lowest BCUT2D eigenvalue weighted by molar-refractivity contribution is -0.159. The maximum absolute atomic E-state index is 12.5. The summed E-state index contributed by atoms with van der Waals surface area (Å²) in [5, 5.41) is 8.49. The Hall–Kier alpha value is -2.08. The highest BCUT2D eigenvalue weighted by atomic mass is 32.2. The Kier molecular flexibility index (Phi) is 3.21. The van der Waals surface area contributed by atoms with Crippen molar-refractivity contribution < 1.29 is 26.4 Å². The van der Waals surface area contributed by atoms with Crippen LogP contribution in [-0.4, -0.2) is 31.4 Å². The van der Waals surface area contributed by atoms with E-state index >= 15 is 0 Å². The first-order chi connectivity index (χ1) is 9.19. The zero-order valence-electron chi connectivity index (χ0n) is 9.76. The average Bonchev–Trinajstić information content (AvgIpc) is 2.55. The van der Waals surface area contributed by atoms with Crippen molar-refractivity contribution in [3.05, 3.63) is 29.8 Å².